The second kappa shape index (κ2) is 6.55. The van der Waals surface area contributed by atoms with E-state index >= 15 is 0 Å². The lowest BCUT2D eigenvalue weighted by atomic mass is 10.3. The second-order valence-corrected chi connectivity index (χ2v) is 4.49. The Morgan fingerprint density at radius 2 is 2.09 bits per heavy atom. The Balaban J connectivity index is 1.92. The van der Waals surface area contributed by atoms with Crippen LogP contribution < -0.4 is 15.4 Å². The number of carbonyl (C=O) groups excluding carboxylic acids is 1. The van der Waals surface area contributed by atoms with Crippen LogP contribution in [0, 0.1) is 5.82 Å². The number of halogens is 4. The number of nitrogens with one attached hydrogen (secondary N) is 3. The number of H-pyrrole nitrogens is 1. The quantitative estimate of drug-likeness (QED) is 0.581. The second-order valence-electron chi connectivity index (χ2n) is 4.49. The van der Waals surface area contributed by atoms with E-state index in [9.17, 15) is 22.4 Å². The highest BCUT2D eigenvalue weighted by atomic mass is 19.4. The number of nitrogens with zero attached hydrogens (tertiary/aromatic N) is 1. The summed E-state index contributed by atoms with van der Waals surface area (Å²) in [7, 11) is 0. The van der Waals surface area contributed by atoms with Crippen molar-refractivity contribution in [1.82, 2.24) is 10.2 Å². The number of benzene rings is 1. The third-order valence-electron chi connectivity index (χ3n) is 2.55. The molecule has 124 valence electrons. The highest BCUT2D eigenvalue weighted by Gasteiger charge is 2.39. The number of aromatic nitrogens is 2. The predicted molar refractivity (Wildman–Crippen MR) is 73.4 cm³/mol. The lowest BCUT2D eigenvalue weighted by Gasteiger charge is -2.15. The summed E-state index contributed by atoms with van der Waals surface area (Å²) in [4.78, 5) is 10.8. The van der Waals surface area contributed by atoms with Crippen molar-refractivity contribution in [1.29, 1.82) is 0 Å². The van der Waals surface area contributed by atoms with Gasteiger partial charge in [-0.25, -0.2) is 4.39 Å². The van der Waals surface area contributed by atoms with Crippen LogP contribution in [0.1, 0.15) is 6.92 Å². The first-order valence-electron chi connectivity index (χ1n) is 6.36. The van der Waals surface area contributed by atoms with E-state index in [-0.39, 0.29) is 11.7 Å². The molecule has 0 bridgehead atoms. The minimum atomic E-state index is -5.00. The van der Waals surface area contributed by atoms with Gasteiger partial charge in [-0.15, -0.1) is 5.10 Å². The summed E-state index contributed by atoms with van der Waals surface area (Å²) in [5, 5.41) is 10.2. The van der Waals surface area contributed by atoms with Gasteiger partial charge in [0.15, 0.2) is 6.23 Å². The van der Waals surface area contributed by atoms with Crippen molar-refractivity contribution in [2.45, 2.75) is 19.3 Å². The molecule has 23 heavy (non-hydrogen) atoms. The normalized spacial score (nSPS) is 12.6. The zero-order chi connectivity index (χ0) is 17.0. The van der Waals surface area contributed by atoms with E-state index in [1.807, 2.05) is 0 Å². The monoisotopic (exact) mass is 332 g/mol. The molecule has 6 nitrogen and oxygen atoms in total. The Morgan fingerprint density at radius 1 is 1.35 bits per heavy atom. The predicted octanol–water partition coefficient (Wildman–Crippen LogP) is 2.89. The summed E-state index contributed by atoms with van der Waals surface area (Å²) in [5.41, 5.74) is 0.457. The van der Waals surface area contributed by atoms with E-state index in [1.165, 1.54) is 18.2 Å². The van der Waals surface area contributed by atoms with Gasteiger partial charge >= 0.3 is 12.1 Å². The van der Waals surface area contributed by atoms with Gasteiger partial charge in [0.05, 0.1) is 0 Å². The van der Waals surface area contributed by atoms with E-state index in [0.717, 1.165) is 6.07 Å². The van der Waals surface area contributed by atoms with Gasteiger partial charge < -0.3 is 15.4 Å². The number of carbonyl (C=O) groups is 1. The van der Waals surface area contributed by atoms with Gasteiger partial charge in [-0.3, -0.25) is 9.89 Å². The lowest BCUT2D eigenvalue weighted by molar-refractivity contribution is -0.167. The molecule has 0 aliphatic rings. The van der Waals surface area contributed by atoms with Crippen molar-refractivity contribution in [3.05, 3.63) is 36.1 Å². The molecule has 0 saturated carbocycles. The van der Waals surface area contributed by atoms with E-state index in [2.05, 4.69) is 15.5 Å². The first-order valence-corrected chi connectivity index (χ1v) is 6.36. The van der Waals surface area contributed by atoms with Crippen molar-refractivity contribution in [2.75, 3.05) is 10.6 Å². The maximum atomic E-state index is 13.0. The van der Waals surface area contributed by atoms with Crippen LogP contribution in [-0.4, -0.2) is 28.5 Å². The Morgan fingerprint density at radius 3 is 2.74 bits per heavy atom. The van der Waals surface area contributed by atoms with E-state index < -0.39 is 24.1 Å². The van der Waals surface area contributed by atoms with Crippen LogP contribution in [0.4, 0.5) is 29.1 Å². The number of aromatic amines is 1. The van der Waals surface area contributed by atoms with Crippen LogP contribution in [0.5, 0.6) is 5.88 Å². The van der Waals surface area contributed by atoms with Crippen LogP contribution in [0.2, 0.25) is 0 Å². The Bertz CT molecular complexity index is 687. The fourth-order valence-electron chi connectivity index (χ4n) is 1.64. The molecule has 1 amide bonds. The highest BCUT2D eigenvalue weighted by Crippen LogP contribution is 2.20. The van der Waals surface area contributed by atoms with Gasteiger partial charge in [0.2, 0.25) is 5.88 Å². The molecule has 0 fully saturated rings. The van der Waals surface area contributed by atoms with Crippen molar-refractivity contribution >= 4 is 17.4 Å². The first-order chi connectivity index (χ1) is 10.7. The number of hydrogen-bond donors (Lipinski definition) is 3. The molecular weight excluding hydrogens is 320 g/mol. The van der Waals surface area contributed by atoms with Gasteiger partial charge in [-0.1, -0.05) is 6.07 Å². The molecule has 1 heterocycles. The van der Waals surface area contributed by atoms with Crippen molar-refractivity contribution < 1.29 is 27.1 Å². The molecule has 0 aliphatic carbocycles. The largest absolute Gasteiger partial charge is 0.471 e. The number of ether oxygens (including phenoxy) is 1. The average Bonchev–Trinajstić information content (AvgIpc) is 2.84. The SMILES string of the molecule is CC(Nc1cccc(F)c1)Oc1cc(NC(=O)C(F)(F)F)[nH]n1. The number of rotatable bonds is 5. The zero-order valence-electron chi connectivity index (χ0n) is 11.7. The van der Waals surface area contributed by atoms with Crippen LogP contribution in [0.25, 0.3) is 0 Å². The van der Waals surface area contributed by atoms with Crippen molar-refractivity contribution in [3.8, 4) is 5.88 Å². The molecule has 1 unspecified atom stereocenters. The summed E-state index contributed by atoms with van der Waals surface area (Å²) >= 11 is 0. The number of amides is 1. The molecule has 0 spiro atoms. The topological polar surface area (TPSA) is 79.0 Å². The van der Waals surface area contributed by atoms with Gasteiger partial charge in [-0.05, 0) is 25.1 Å². The number of anilines is 2. The zero-order valence-corrected chi connectivity index (χ0v) is 11.7. The molecule has 10 heteroatoms. The molecule has 0 radical (unpaired) electrons. The van der Waals surface area contributed by atoms with Crippen LogP contribution >= 0.6 is 0 Å². The first kappa shape index (κ1) is 16.6. The smallest absolute Gasteiger partial charge is 0.453 e. The summed E-state index contributed by atoms with van der Waals surface area (Å²) in [6.45, 7) is 1.59. The van der Waals surface area contributed by atoms with E-state index in [1.54, 1.807) is 18.3 Å². The Hall–Kier alpha value is -2.78. The Kier molecular flexibility index (Phi) is 4.72. The van der Waals surface area contributed by atoms with Crippen molar-refractivity contribution in [2.24, 2.45) is 0 Å². The highest BCUT2D eigenvalue weighted by molar-refractivity contribution is 5.94. The van der Waals surface area contributed by atoms with Crippen LogP contribution in [0.3, 0.4) is 0 Å². The Labute approximate surface area is 127 Å². The summed E-state index contributed by atoms with van der Waals surface area (Å²) < 4.78 is 54.7. The third-order valence-corrected chi connectivity index (χ3v) is 2.55. The molecule has 3 N–H and O–H groups in total. The van der Waals surface area contributed by atoms with Gasteiger partial charge in [0.1, 0.15) is 11.6 Å². The van der Waals surface area contributed by atoms with Crippen molar-refractivity contribution in [3.63, 3.8) is 0 Å². The molecule has 1 aromatic carbocycles. The summed E-state index contributed by atoms with van der Waals surface area (Å²) in [6, 6.07) is 6.74. The van der Waals surface area contributed by atoms with Gasteiger partial charge in [0, 0.05) is 11.8 Å². The van der Waals surface area contributed by atoms with Crippen LogP contribution in [0.15, 0.2) is 30.3 Å². The number of alkyl halides is 3. The summed E-state index contributed by atoms with van der Waals surface area (Å²) in [5.74, 6) is -2.86. The van der Waals surface area contributed by atoms with Crippen LogP contribution in [-0.2, 0) is 4.79 Å². The molecule has 1 aromatic heterocycles. The van der Waals surface area contributed by atoms with E-state index in [4.69, 9.17) is 4.74 Å². The average molecular weight is 332 g/mol. The summed E-state index contributed by atoms with van der Waals surface area (Å²) in [6.07, 6.45) is -5.65. The fraction of sp³-hybridized carbons (Fsp3) is 0.231. The minimum absolute atomic E-state index is 0.0427. The molecule has 0 aliphatic heterocycles. The maximum Gasteiger partial charge on any atom is 0.471 e. The molecule has 2 aromatic rings. The molecule has 1 atom stereocenters. The van der Waals surface area contributed by atoms with E-state index in [0.29, 0.717) is 5.69 Å². The maximum absolute atomic E-state index is 13.0. The molecular formula is C13H12F4N4O2. The molecule has 0 saturated heterocycles. The minimum Gasteiger partial charge on any atom is -0.453 e. The fourth-order valence-corrected chi connectivity index (χ4v) is 1.64. The third kappa shape index (κ3) is 4.87. The van der Waals surface area contributed by atoms with Gasteiger partial charge in [-0.2, -0.15) is 13.2 Å². The lowest BCUT2D eigenvalue weighted by Crippen LogP contribution is -2.30. The molecule has 2 rings (SSSR count). The van der Waals surface area contributed by atoms with Gasteiger partial charge in [0.25, 0.3) is 0 Å². The number of hydrogen-bond acceptors (Lipinski definition) is 4. The standard InChI is InChI=1S/C13H12F4N4O2/c1-7(18-9-4-2-3-8(14)5-9)23-11-6-10(20-21-11)19-12(22)13(15,16)17/h2-7,18H,1H3,(H2,19,20,21,22).